The number of amides is 1. The van der Waals surface area contributed by atoms with Crippen LogP contribution in [0.1, 0.15) is 22.3 Å². The van der Waals surface area contributed by atoms with Crippen LogP contribution in [0.25, 0.3) is 0 Å². The summed E-state index contributed by atoms with van der Waals surface area (Å²) in [4.78, 5) is 24.2. The number of hydrogen-bond donors (Lipinski definition) is 1. The third-order valence-corrected chi connectivity index (χ3v) is 2.89. The maximum atomic E-state index is 11.7. The molecule has 17 heavy (non-hydrogen) atoms. The molecule has 1 N–H and O–H groups in total. The number of hydrogen-bond acceptors (Lipinski definition) is 2. The van der Waals surface area contributed by atoms with Crippen molar-refractivity contribution in [1.82, 2.24) is 0 Å². The highest BCUT2D eigenvalue weighted by Crippen LogP contribution is 2.28. The van der Waals surface area contributed by atoms with E-state index < -0.39 is 5.97 Å². The molecule has 0 aromatic heterocycles. The van der Waals surface area contributed by atoms with Crippen LogP contribution in [0.3, 0.4) is 0 Å². The van der Waals surface area contributed by atoms with Gasteiger partial charge in [0.15, 0.2) is 0 Å². The molecular formula is C13H13NO3. The topological polar surface area (TPSA) is 57.6 Å². The molecule has 0 unspecified atom stereocenters. The number of carbonyl (C=O) groups is 2. The summed E-state index contributed by atoms with van der Waals surface area (Å²) in [5.74, 6) is -1.17. The number of rotatable bonds is 2. The van der Waals surface area contributed by atoms with Gasteiger partial charge in [-0.15, -0.1) is 0 Å². The van der Waals surface area contributed by atoms with Crippen LogP contribution in [0.4, 0.5) is 5.69 Å². The van der Waals surface area contributed by atoms with Crippen molar-refractivity contribution < 1.29 is 14.7 Å². The quantitative estimate of drug-likeness (QED) is 0.790. The minimum Gasteiger partial charge on any atom is -0.478 e. The van der Waals surface area contributed by atoms with Gasteiger partial charge in [0.05, 0.1) is 5.56 Å². The molecule has 2 rings (SSSR count). The zero-order valence-corrected chi connectivity index (χ0v) is 9.35. The van der Waals surface area contributed by atoms with Gasteiger partial charge >= 0.3 is 5.97 Å². The summed E-state index contributed by atoms with van der Waals surface area (Å²) in [6.07, 6.45) is 3.01. The number of fused-ring (bicyclic) bond motifs is 1. The second kappa shape index (κ2) is 4.41. The van der Waals surface area contributed by atoms with Crippen molar-refractivity contribution in [3.8, 4) is 0 Å². The molecule has 0 atom stereocenters. The second-order valence-corrected chi connectivity index (χ2v) is 3.95. The lowest BCUT2D eigenvalue weighted by Gasteiger charge is -2.28. The summed E-state index contributed by atoms with van der Waals surface area (Å²) in [6.45, 7) is 4.07. The lowest BCUT2D eigenvalue weighted by atomic mass is 9.99. The van der Waals surface area contributed by atoms with Crippen LogP contribution >= 0.6 is 0 Å². The van der Waals surface area contributed by atoms with Crippen LogP contribution < -0.4 is 4.90 Å². The van der Waals surface area contributed by atoms with Gasteiger partial charge in [0.2, 0.25) is 5.91 Å². The molecule has 0 spiro atoms. The highest BCUT2D eigenvalue weighted by atomic mass is 16.4. The fourth-order valence-electron chi connectivity index (χ4n) is 2.05. The first-order valence-corrected chi connectivity index (χ1v) is 5.43. The number of nitrogens with zero attached hydrogens (tertiary/aromatic N) is 1. The van der Waals surface area contributed by atoms with Gasteiger partial charge in [-0.2, -0.15) is 0 Å². The Hall–Kier alpha value is -2.10. The van der Waals surface area contributed by atoms with Crippen LogP contribution in [0.5, 0.6) is 0 Å². The molecule has 1 aliphatic rings. The molecule has 1 heterocycles. The molecule has 0 fully saturated rings. The summed E-state index contributed by atoms with van der Waals surface area (Å²) in [5, 5.41) is 8.94. The van der Waals surface area contributed by atoms with Gasteiger partial charge in [0.1, 0.15) is 0 Å². The minimum absolute atomic E-state index is 0.187. The van der Waals surface area contributed by atoms with Crippen LogP contribution in [0.2, 0.25) is 0 Å². The van der Waals surface area contributed by atoms with Gasteiger partial charge in [0.25, 0.3) is 0 Å². The third kappa shape index (κ3) is 2.06. The Morgan fingerprint density at radius 3 is 2.82 bits per heavy atom. The normalized spacial score (nSPS) is 14.0. The molecule has 0 radical (unpaired) electrons. The SMILES string of the molecule is C=CC(=O)N1CCCc2ccc(C(=O)O)cc21. The number of aromatic carboxylic acids is 1. The first-order chi connectivity index (χ1) is 8.13. The smallest absolute Gasteiger partial charge is 0.335 e. The molecular weight excluding hydrogens is 218 g/mol. The minimum atomic E-state index is -0.982. The predicted octanol–water partition coefficient (Wildman–Crippen LogP) is 1.85. The molecule has 1 amide bonds. The predicted molar refractivity (Wildman–Crippen MR) is 64.3 cm³/mol. The van der Waals surface area contributed by atoms with E-state index in [0.717, 1.165) is 18.4 Å². The standard InChI is InChI=1S/C13H13NO3/c1-2-12(15)14-7-3-4-9-5-6-10(13(16)17)8-11(9)14/h2,5-6,8H,1,3-4,7H2,(H,16,17). The summed E-state index contributed by atoms with van der Waals surface area (Å²) in [7, 11) is 0. The fraction of sp³-hybridized carbons (Fsp3) is 0.231. The Balaban J connectivity index is 2.47. The highest BCUT2D eigenvalue weighted by molar-refractivity contribution is 6.02. The number of carboxylic acids is 1. The summed E-state index contributed by atoms with van der Waals surface area (Å²) < 4.78 is 0. The zero-order chi connectivity index (χ0) is 12.4. The van der Waals surface area contributed by atoms with E-state index in [0.29, 0.717) is 12.2 Å². The monoisotopic (exact) mass is 231 g/mol. The first-order valence-electron chi connectivity index (χ1n) is 5.43. The van der Waals surface area contributed by atoms with Gasteiger partial charge in [-0.05, 0) is 36.6 Å². The van der Waals surface area contributed by atoms with E-state index in [2.05, 4.69) is 6.58 Å². The van der Waals surface area contributed by atoms with Crippen LogP contribution in [0.15, 0.2) is 30.9 Å². The Kier molecular flexibility index (Phi) is 2.95. The zero-order valence-electron chi connectivity index (χ0n) is 9.35. The van der Waals surface area contributed by atoms with E-state index in [4.69, 9.17) is 5.11 Å². The number of benzene rings is 1. The summed E-state index contributed by atoms with van der Waals surface area (Å²) >= 11 is 0. The van der Waals surface area contributed by atoms with Crippen molar-refractivity contribution in [2.45, 2.75) is 12.8 Å². The van der Waals surface area contributed by atoms with Gasteiger partial charge in [-0.1, -0.05) is 12.6 Å². The van der Waals surface area contributed by atoms with Crippen molar-refractivity contribution >= 4 is 17.6 Å². The average molecular weight is 231 g/mol. The largest absolute Gasteiger partial charge is 0.478 e. The lowest BCUT2D eigenvalue weighted by molar-refractivity contribution is -0.114. The summed E-state index contributed by atoms with van der Waals surface area (Å²) in [5.41, 5.74) is 1.91. The molecule has 0 aliphatic carbocycles. The summed E-state index contributed by atoms with van der Waals surface area (Å²) in [6, 6.07) is 4.91. The molecule has 1 aromatic carbocycles. The van der Waals surface area contributed by atoms with Gasteiger partial charge in [0, 0.05) is 12.2 Å². The average Bonchev–Trinajstić information content (AvgIpc) is 2.36. The molecule has 1 aliphatic heterocycles. The number of anilines is 1. The Morgan fingerprint density at radius 2 is 2.18 bits per heavy atom. The van der Waals surface area contributed by atoms with Crippen LogP contribution in [-0.4, -0.2) is 23.5 Å². The second-order valence-electron chi connectivity index (χ2n) is 3.95. The van der Waals surface area contributed by atoms with E-state index in [-0.39, 0.29) is 11.5 Å². The molecule has 1 aromatic rings. The lowest BCUT2D eigenvalue weighted by Crippen LogP contribution is -2.34. The molecule has 0 bridgehead atoms. The van der Waals surface area contributed by atoms with Crippen molar-refractivity contribution in [2.75, 3.05) is 11.4 Å². The number of carboxylic acid groups (broad SMARTS) is 1. The Labute approximate surface area is 99.2 Å². The third-order valence-electron chi connectivity index (χ3n) is 2.89. The number of carbonyl (C=O) groups excluding carboxylic acids is 1. The van der Waals surface area contributed by atoms with Gasteiger partial charge in [-0.25, -0.2) is 4.79 Å². The maximum Gasteiger partial charge on any atom is 0.335 e. The van der Waals surface area contributed by atoms with E-state index in [1.54, 1.807) is 23.1 Å². The van der Waals surface area contributed by atoms with Gasteiger partial charge in [-0.3, -0.25) is 4.79 Å². The van der Waals surface area contributed by atoms with Gasteiger partial charge < -0.3 is 10.0 Å². The Morgan fingerprint density at radius 1 is 1.41 bits per heavy atom. The molecule has 4 nitrogen and oxygen atoms in total. The number of aryl methyl sites for hydroxylation is 1. The van der Waals surface area contributed by atoms with Crippen molar-refractivity contribution in [2.24, 2.45) is 0 Å². The van der Waals surface area contributed by atoms with Crippen molar-refractivity contribution in [3.05, 3.63) is 42.0 Å². The van der Waals surface area contributed by atoms with E-state index >= 15 is 0 Å². The maximum absolute atomic E-state index is 11.7. The molecule has 0 saturated heterocycles. The van der Waals surface area contributed by atoms with Crippen molar-refractivity contribution in [1.29, 1.82) is 0 Å². The van der Waals surface area contributed by atoms with Crippen LogP contribution in [0, 0.1) is 0 Å². The van der Waals surface area contributed by atoms with Crippen LogP contribution in [-0.2, 0) is 11.2 Å². The molecule has 4 heteroatoms. The van der Waals surface area contributed by atoms with E-state index in [1.807, 2.05) is 0 Å². The highest BCUT2D eigenvalue weighted by Gasteiger charge is 2.21. The molecule has 0 saturated carbocycles. The fourth-order valence-corrected chi connectivity index (χ4v) is 2.05. The first kappa shape index (κ1) is 11.4. The van der Waals surface area contributed by atoms with E-state index in [1.165, 1.54) is 6.08 Å². The van der Waals surface area contributed by atoms with Crippen molar-refractivity contribution in [3.63, 3.8) is 0 Å². The molecule has 88 valence electrons. The Bertz CT molecular complexity index is 493. The van der Waals surface area contributed by atoms with E-state index in [9.17, 15) is 9.59 Å².